The van der Waals surface area contributed by atoms with E-state index in [4.69, 9.17) is 14.3 Å². The van der Waals surface area contributed by atoms with Crippen LogP contribution in [0.25, 0.3) is 0 Å². The molecule has 0 atom stereocenters. The minimum Gasteiger partial charge on any atom is -0.480 e. The van der Waals surface area contributed by atoms with Crippen LogP contribution < -0.4 is 9.47 Å². The molecule has 0 N–H and O–H groups in total. The topological polar surface area (TPSA) is 48.0 Å². The molecule has 1 rings (SSSR count). The van der Waals surface area contributed by atoms with Crippen molar-refractivity contribution in [1.29, 1.82) is 0 Å². The number of alkyl halides is 3. The number of carbonyl (C=O) groups excluding carboxylic acids is 1. The van der Waals surface area contributed by atoms with Gasteiger partial charge < -0.3 is 9.47 Å². The summed E-state index contributed by atoms with van der Waals surface area (Å²) in [5, 5.41) is 0.958. The van der Waals surface area contributed by atoms with Crippen molar-refractivity contribution in [2.45, 2.75) is 19.5 Å². The van der Waals surface area contributed by atoms with Crippen LogP contribution in [-0.4, -0.2) is 44.5 Å². The van der Waals surface area contributed by atoms with Gasteiger partial charge in [0.2, 0.25) is 0 Å². The third-order valence-corrected chi connectivity index (χ3v) is 2.78. The van der Waals surface area contributed by atoms with Crippen molar-refractivity contribution < 1.29 is 32.3 Å². The SMILES string of the molecule is CCc1ccc(OCC(F)(F)F)c(OCC(=O)N(C)OC)c1. The van der Waals surface area contributed by atoms with Gasteiger partial charge >= 0.3 is 6.18 Å². The highest BCUT2D eigenvalue weighted by Crippen LogP contribution is 2.30. The predicted molar refractivity (Wildman–Crippen MR) is 72.6 cm³/mol. The van der Waals surface area contributed by atoms with Crippen LogP contribution in [0, 0.1) is 0 Å². The lowest BCUT2D eigenvalue weighted by Crippen LogP contribution is -2.30. The van der Waals surface area contributed by atoms with Gasteiger partial charge in [0.05, 0.1) is 7.11 Å². The first-order chi connectivity index (χ1) is 10.3. The van der Waals surface area contributed by atoms with E-state index in [0.717, 1.165) is 10.6 Å². The van der Waals surface area contributed by atoms with Crippen molar-refractivity contribution in [3.05, 3.63) is 23.8 Å². The highest BCUT2D eigenvalue weighted by atomic mass is 19.4. The van der Waals surface area contributed by atoms with E-state index in [-0.39, 0.29) is 18.1 Å². The van der Waals surface area contributed by atoms with Gasteiger partial charge in [-0.1, -0.05) is 13.0 Å². The number of rotatable bonds is 7. The minimum absolute atomic E-state index is 0.0672. The predicted octanol–water partition coefficient (Wildman–Crippen LogP) is 2.59. The molecule has 0 aliphatic heterocycles. The molecule has 124 valence electrons. The maximum Gasteiger partial charge on any atom is 0.422 e. The van der Waals surface area contributed by atoms with Gasteiger partial charge in [-0.3, -0.25) is 9.63 Å². The summed E-state index contributed by atoms with van der Waals surface area (Å²) in [5.74, 6) is -0.463. The molecule has 0 fully saturated rings. The number of hydroxylamine groups is 2. The monoisotopic (exact) mass is 321 g/mol. The number of ether oxygens (including phenoxy) is 2. The number of aryl methyl sites for hydroxylation is 1. The Kier molecular flexibility index (Phi) is 6.48. The summed E-state index contributed by atoms with van der Waals surface area (Å²) in [6.45, 7) is 0.0832. The summed E-state index contributed by atoms with van der Waals surface area (Å²) >= 11 is 0. The Labute approximate surface area is 126 Å². The number of amides is 1. The summed E-state index contributed by atoms with van der Waals surface area (Å²) in [6.07, 6.45) is -3.78. The maximum atomic E-state index is 12.2. The van der Waals surface area contributed by atoms with Gasteiger partial charge in [-0.25, -0.2) is 5.06 Å². The average Bonchev–Trinajstić information content (AvgIpc) is 2.49. The number of hydrogen-bond donors (Lipinski definition) is 0. The molecule has 0 unspecified atom stereocenters. The van der Waals surface area contributed by atoms with Gasteiger partial charge in [0.1, 0.15) is 0 Å². The normalized spacial score (nSPS) is 11.2. The standard InChI is InChI=1S/C14H18F3NO4/c1-4-10-5-6-11(22-9-14(15,16)17)12(7-10)21-8-13(19)18(2)20-3/h5-7H,4,8-9H2,1-3H3. The maximum absolute atomic E-state index is 12.2. The van der Waals surface area contributed by atoms with Crippen molar-refractivity contribution in [2.75, 3.05) is 27.4 Å². The van der Waals surface area contributed by atoms with E-state index in [1.165, 1.54) is 20.2 Å². The second-order valence-corrected chi connectivity index (χ2v) is 4.40. The van der Waals surface area contributed by atoms with Gasteiger partial charge in [0.25, 0.3) is 5.91 Å². The zero-order chi connectivity index (χ0) is 16.8. The van der Waals surface area contributed by atoms with E-state index < -0.39 is 18.7 Å². The first-order valence-corrected chi connectivity index (χ1v) is 6.52. The van der Waals surface area contributed by atoms with E-state index in [1.807, 2.05) is 6.92 Å². The Hall–Kier alpha value is -1.96. The van der Waals surface area contributed by atoms with Crippen molar-refractivity contribution >= 4 is 5.91 Å². The lowest BCUT2D eigenvalue weighted by Gasteiger charge is -2.17. The molecule has 0 radical (unpaired) electrons. The fourth-order valence-electron chi connectivity index (χ4n) is 1.50. The van der Waals surface area contributed by atoms with Gasteiger partial charge in [0.15, 0.2) is 24.7 Å². The fraction of sp³-hybridized carbons (Fsp3) is 0.500. The van der Waals surface area contributed by atoms with Crippen LogP contribution >= 0.6 is 0 Å². The Morgan fingerprint density at radius 1 is 1.23 bits per heavy atom. The Balaban J connectivity index is 2.82. The molecule has 0 saturated carbocycles. The average molecular weight is 321 g/mol. The van der Waals surface area contributed by atoms with Crippen LogP contribution in [0.1, 0.15) is 12.5 Å². The van der Waals surface area contributed by atoms with Crippen molar-refractivity contribution in [2.24, 2.45) is 0 Å². The summed E-state index contributed by atoms with van der Waals surface area (Å²) in [6, 6.07) is 4.58. The highest BCUT2D eigenvalue weighted by Gasteiger charge is 2.29. The Morgan fingerprint density at radius 2 is 1.91 bits per heavy atom. The number of nitrogens with zero attached hydrogens (tertiary/aromatic N) is 1. The molecule has 0 aliphatic rings. The molecule has 0 spiro atoms. The molecular weight excluding hydrogens is 303 g/mol. The summed E-state index contributed by atoms with van der Waals surface area (Å²) in [7, 11) is 2.71. The molecule has 0 aliphatic carbocycles. The van der Waals surface area contributed by atoms with Gasteiger partial charge in [-0.05, 0) is 24.1 Å². The zero-order valence-electron chi connectivity index (χ0n) is 12.6. The van der Waals surface area contributed by atoms with Gasteiger partial charge in [-0.2, -0.15) is 13.2 Å². The van der Waals surface area contributed by atoms with E-state index in [1.54, 1.807) is 12.1 Å². The minimum atomic E-state index is -4.45. The van der Waals surface area contributed by atoms with E-state index in [9.17, 15) is 18.0 Å². The number of benzene rings is 1. The quantitative estimate of drug-likeness (QED) is 0.724. The molecule has 1 amide bonds. The number of likely N-dealkylation sites (N-methyl/N-ethyl adjacent to an activating group) is 1. The van der Waals surface area contributed by atoms with Crippen LogP contribution in [-0.2, 0) is 16.1 Å². The molecule has 0 saturated heterocycles. The zero-order valence-corrected chi connectivity index (χ0v) is 12.6. The number of hydrogen-bond acceptors (Lipinski definition) is 4. The lowest BCUT2D eigenvalue weighted by molar-refractivity contribution is -0.170. The molecule has 0 aromatic heterocycles. The third-order valence-electron chi connectivity index (χ3n) is 2.78. The number of halogens is 3. The molecule has 5 nitrogen and oxygen atoms in total. The summed E-state index contributed by atoms with van der Waals surface area (Å²) < 4.78 is 46.7. The number of carbonyl (C=O) groups is 1. The molecular formula is C14H18F3NO4. The first kappa shape index (κ1) is 18.1. The van der Waals surface area contributed by atoms with Crippen LogP contribution in [0.3, 0.4) is 0 Å². The summed E-state index contributed by atoms with van der Waals surface area (Å²) in [5.41, 5.74) is 0.849. The van der Waals surface area contributed by atoms with E-state index in [0.29, 0.717) is 6.42 Å². The van der Waals surface area contributed by atoms with Gasteiger partial charge in [0, 0.05) is 7.05 Å². The van der Waals surface area contributed by atoms with E-state index >= 15 is 0 Å². The second-order valence-electron chi connectivity index (χ2n) is 4.40. The second kappa shape index (κ2) is 7.88. The van der Waals surface area contributed by atoms with Crippen LogP contribution in [0.2, 0.25) is 0 Å². The summed E-state index contributed by atoms with van der Waals surface area (Å²) in [4.78, 5) is 16.3. The van der Waals surface area contributed by atoms with E-state index in [2.05, 4.69) is 0 Å². The largest absolute Gasteiger partial charge is 0.480 e. The molecule has 1 aromatic rings. The smallest absolute Gasteiger partial charge is 0.422 e. The molecule has 8 heteroatoms. The highest BCUT2D eigenvalue weighted by molar-refractivity contribution is 5.76. The van der Waals surface area contributed by atoms with Gasteiger partial charge in [-0.15, -0.1) is 0 Å². The molecule has 1 aromatic carbocycles. The Bertz CT molecular complexity index is 505. The molecule has 0 heterocycles. The first-order valence-electron chi connectivity index (χ1n) is 6.52. The fourth-order valence-corrected chi connectivity index (χ4v) is 1.50. The Morgan fingerprint density at radius 3 is 2.45 bits per heavy atom. The molecule has 22 heavy (non-hydrogen) atoms. The van der Waals surface area contributed by atoms with Crippen molar-refractivity contribution in [3.8, 4) is 11.5 Å². The van der Waals surface area contributed by atoms with Crippen molar-refractivity contribution in [1.82, 2.24) is 5.06 Å². The van der Waals surface area contributed by atoms with Crippen LogP contribution in [0.4, 0.5) is 13.2 Å². The van der Waals surface area contributed by atoms with Crippen LogP contribution in [0.15, 0.2) is 18.2 Å². The molecule has 0 bridgehead atoms. The third kappa shape index (κ3) is 5.80. The van der Waals surface area contributed by atoms with Crippen molar-refractivity contribution in [3.63, 3.8) is 0 Å². The van der Waals surface area contributed by atoms with Crippen LogP contribution in [0.5, 0.6) is 11.5 Å². The lowest BCUT2D eigenvalue weighted by atomic mass is 10.1.